The molecule has 2 heteroatoms. The fourth-order valence-electron chi connectivity index (χ4n) is 3.40. The first-order valence-corrected chi connectivity index (χ1v) is 11.3. The van der Waals surface area contributed by atoms with Crippen molar-refractivity contribution in [2.75, 3.05) is 6.61 Å². The third-order valence-electron chi connectivity index (χ3n) is 5.71. The predicted molar refractivity (Wildman–Crippen MR) is 137 cm³/mol. The molecule has 0 saturated heterocycles. The highest BCUT2D eigenvalue weighted by atomic mass is 16.5. The lowest BCUT2D eigenvalue weighted by atomic mass is 10.0. The van der Waals surface area contributed by atoms with E-state index in [4.69, 9.17) is 4.74 Å². The first kappa shape index (κ1) is 23.3. The molecule has 0 saturated carbocycles. The molecular weight excluding hydrogens is 392 g/mol. The van der Waals surface area contributed by atoms with Gasteiger partial charge in [0.1, 0.15) is 12.0 Å². The van der Waals surface area contributed by atoms with E-state index in [1.165, 1.54) is 16.7 Å². The first-order chi connectivity index (χ1) is 15.5. The summed E-state index contributed by atoms with van der Waals surface area (Å²) in [5.74, 6) is 1.31. The second-order valence-electron chi connectivity index (χ2n) is 8.27. The molecule has 0 amide bonds. The Hall–Kier alpha value is -3.39. The second-order valence-corrected chi connectivity index (χ2v) is 8.27. The average Bonchev–Trinajstić information content (AvgIpc) is 2.82. The van der Waals surface area contributed by atoms with Crippen LogP contribution < -0.4 is 4.74 Å². The summed E-state index contributed by atoms with van der Waals surface area (Å²) in [6.07, 6.45) is 10.2. The molecule has 0 spiro atoms. The number of carbonyl (C=O) groups is 1. The van der Waals surface area contributed by atoms with E-state index in [-0.39, 0.29) is 0 Å². The zero-order valence-corrected chi connectivity index (χ0v) is 19.5. The smallest absolute Gasteiger partial charge is 0.150 e. The van der Waals surface area contributed by atoms with Gasteiger partial charge in [-0.25, -0.2) is 0 Å². The van der Waals surface area contributed by atoms with Gasteiger partial charge in [-0.05, 0) is 59.7 Å². The van der Waals surface area contributed by atoms with Gasteiger partial charge in [-0.15, -0.1) is 0 Å². The molecule has 1 atom stereocenters. The summed E-state index contributed by atoms with van der Waals surface area (Å²) < 4.78 is 6.09. The molecule has 3 aromatic carbocycles. The maximum absolute atomic E-state index is 11.4. The fraction of sp³-hybridized carbons (Fsp3) is 0.233. The third-order valence-corrected chi connectivity index (χ3v) is 5.71. The zero-order chi connectivity index (χ0) is 22.9. The summed E-state index contributed by atoms with van der Waals surface area (Å²) in [5.41, 5.74) is 7.23. The van der Waals surface area contributed by atoms with Crippen molar-refractivity contribution in [3.63, 3.8) is 0 Å². The van der Waals surface area contributed by atoms with E-state index < -0.39 is 0 Å². The van der Waals surface area contributed by atoms with Crippen molar-refractivity contribution in [3.05, 3.63) is 94.6 Å². The minimum absolute atomic E-state index is 0.484. The summed E-state index contributed by atoms with van der Waals surface area (Å²) in [6, 6.07) is 20.9. The van der Waals surface area contributed by atoms with E-state index in [0.29, 0.717) is 18.1 Å². The number of carbonyl (C=O) groups excluding carboxylic acids is 1. The Labute approximate surface area is 192 Å². The molecule has 32 heavy (non-hydrogen) atoms. The number of ether oxygens (including phenoxy) is 1. The lowest BCUT2D eigenvalue weighted by Crippen LogP contribution is -2.08. The fourth-order valence-corrected chi connectivity index (χ4v) is 3.40. The van der Waals surface area contributed by atoms with Crippen molar-refractivity contribution in [1.82, 2.24) is 0 Å². The highest BCUT2D eigenvalue weighted by molar-refractivity contribution is 5.82. The molecule has 0 aliphatic heterocycles. The maximum Gasteiger partial charge on any atom is 0.150 e. The number of aldehydes is 1. The number of rotatable bonds is 9. The molecular formula is C30H32O2. The van der Waals surface area contributed by atoms with Crippen LogP contribution in [0.2, 0.25) is 0 Å². The van der Waals surface area contributed by atoms with E-state index in [9.17, 15) is 4.79 Å². The molecule has 0 aliphatic carbocycles. The number of hydrogen-bond donors (Lipinski definition) is 0. The SMILES string of the molecule is C/C=C/c1ccc(-c2ccc(/C=C/c3cc(C=O)c(C)cc3OCC(C)CC)cc2)cc1. The number of allylic oxidation sites excluding steroid dienone is 1. The summed E-state index contributed by atoms with van der Waals surface area (Å²) in [5, 5.41) is 0. The van der Waals surface area contributed by atoms with Crippen molar-refractivity contribution < 1.29 is 9.53 Å². The average molecular weight is 425 g/mol. The maximum atomic E-state index is 11.4. The highest BCUT2D eigenvalue weighted by Gasteiger charge is 2.08. The number of benzene rings is 3. The van der Waals surface area contributed by atoms with Gasteiger partial charge in [0, 0.05) is 11.1 Å². The monoisotopic (exact) mass is 424 g/mol. The van der Waals surface area contributed by atoms with Crippen LogP contribution in [0, 0.1) is 12.8 Å². The van der Waals surface area contributed by atoms with Crippen LogP contribution in [0.4, 0.5) is 0 Å². The highest BCUT2D eigenvalue weighted by Crippen LogP contribution is 2.27. The summed E-state index contributed by atoms with van der Waals surface area (Å²) in [7, 11) is 0. The standard InChI is InChI=1S/C30H32O2/c1-5-7-24-8-13-26(14-9-24)27-15-10-25(11-16-27)12-17-28-19-29(20-31)23(4)18-30(28)32-21-22(3)6-2/h5,7-20,22H,6,21H2,1-4H3/b7-5+,17-12+. The molecule has 3 rings (SSSR count). The Morgan fingerprint density at radius 1 is 0.844 bits per heavy atom. The van der Waals surface area contributed by atoms with Crippen molar-refractivity contribution in [1.29, 1.82) is 0 Å². The van der Waals surface area contributed by atoms with Gasteiger partial charge in [-0.2, -0.15) is 0 Å². The van der Waals surface area contributed by atoms with E-state index >= 15 is 0 Å². The van der Waals surface area contributed by atoms with Crippen LogP contribution in [0.1, 0.15) is 59.8 Å². The molecule has 0 heterocycles. The van der Waals surface area contributed by atoms with E-state index in [1.807, 2.05) is 38.1 Å². The minimum Gasteiger partial charge on any atom is -0.493 e. The Morgan fingerprint density at radius 3 is 1.97 bits per heavy atom. The van der Waals surface area contributed by atoms with Crippen LogP contribution in [-0.4, -0.2) is 12.9 Å². The van der Waals surface area contributed by atoms with Gasteiger partial charge < -0.3 is 4.74 Å². The number of hydrogen-bond acceptors (Lipinski definition) is 2. The van der Waals surface area contributed by atoms with Crippen LogP contribution >= 0.6 is 0 Å². The summed E-state index contributed by atoms with van der Waals surface area (Å²) in [6.45, 7) is 8.97. The zero-order valence-electron chi connectivity index (χ0n) is 19.5. The number of aryl methyl sites for hydroxylation is 1. The molecule has 0 bridgehead atoms. The Bertz CT molecular complexity index is 1090. The summed E-state index contributed by atoms with van der Waals surface area (Å²) >= 11 is 0. The van der Waals surface area contributed by atoms with Gasteiger partial charge in [0.15, 0.2) is 0 Å². The first-order valence-electron chi connectivity index (χ1n) is 11.3. The molecule has 164 valence electrons. The van der Waals surface area contributed by atoms with Gasteiger partial charge in [-0.1, -0.05) is 93.1 Å². The van der Waals surface area contributed by atoms with Crippen molar-refractivity contribution >= 4 is 24.5 Å². The lowest BCUT2D eigenvalue weighted by Gasteiger charge is -2.15. The quantitative estimate of drug-likeness (QED) is 0.256. The van der Waals surface area contributed by atoms with Crippen molar-refractivity contribution in [3.8, 4) is 16.9 Å². The topological polar surface area (TPSA) is 26.3 Å². The van der Waals surface area contributed by atoms with Crippen LogP contribution in [0.5, 0.6) is 5.75 Å². The Morgan fingerprint density at radius 2 is 1.44 bits per heavy atom. The van der Waals surface area contributed by atoms with Crippen LogP contribution in [0.15, 0.2) is 66.7 Å². The Kier molecular flexibility index (Phi) is 8.21. The minimum atomic E-state index is 0.484. The normalized spacial score (nSPS) is 12.4. The van der Waals surface area contributed by atoms with E-state index in [2.05, 4.69) is 74.5 Å². The summed E-state index contributed by atoms with van der Waals surface area (Å²) in [4.78, 5) is 11.4. The molecule has 0 aliphatic rings. The molecule has 0 fully saturated rings. The molecule has 1 unspecified atom stereocenters. The second kappa shape index (κ2) is 11.3. The van der Waals surface area contributed by atoms with Gasteiger partial charge in [0.2, 0.25) is 0 Å². The molecule has 3 aromatic rings. The predicted octanol–water partition coefficient (Wildman–Crippen LogP) is 8.10. The lowest BCUT2D eigenvalue weighted by molar-refractivity contribution is 0.112. The van der Waals surface area contributed by atoms with Crippen LogP contribution in [0.3, 0.4) is 0 Å². The largest absolute Gasteiger partial charge is 0.493 e. The van der Waals surface area contributed by atoms with Crippen LogP contribution in [-0.2, 0) is 0 Å². The van der Waals surface area contributed by atoms with Gasteiger partial charge >= 0.3 is 0 Å². The van der Waals surface area contributed by atoms with Crippen molar-refractivity contribution in [2.45, 2.75) is 34.1 Å². The Balaban J connectivity index is 1.81. The molecule has 0 radical (unpaired) electrons. The third kappa shape index (κ3) is 6.07. The van der Waals surface area contributed by atoms with Gasteiger partial charge in [-0.3, -0.25) is 4.79 Å². The van der Waals surface area contributed by atoms with E-state index in [1.54, 1.807) is 0 Å². The molecule has 0 N–H and O–H groups in total. The van der Waals surface area contributed by atoms with E-state index in [0.717, 1.165) is 35.1 Å². The van der Waals surface area contributed by atoms with Gasteiger partial charge in [0.25, 0.3) is 0 Å². The van der Waals surface area contributed by atoms with Crippen molar-refractivity contribution in [2.24, 2.45) is 5.92 Å². The molecule has 2 nitrogen and oxygen atoms in total. The van der Waals surface area contributed by atoms with Gasteiger partial charge in [0.05, 0.1) is 6.61 Å². The molecule has 0 aromatic heterocycles. The van der Waals surface area contributed by atoms with Crippen LogP contribution in [0.25, 0.3) is 29.4 Å².